The van der Waals surface area contributed by atoms with Gasteiger partial charge in [0.05, 0.1) is 7.11 Å². The van der Waals surface area contributed by atoms with Gasteiger partial charge in [-0.2, -0.15) is 0 Å². The lowest BCUT2D eigenvalue weighted by Crippen LogP contribution is -2.51. The van der Waals surface area contributed by atoms with Gasteiger partial charge in [0, 0.05) is 45.5 Å². The second kappa shape index (κ2) is 8.41. The van der Waals surface area contributed by atoms with Crippen molar-refractivity contribution in [3.63, 3.8) is 0 Å². The third-order valence-electron chi connectivity index (χ3n) is 3.68. The number of hydrogen-bond acceptors (Lipinski definition) is 4. The molecule has 1 aliphatic heterocycles. The molecule has 1 fully saturated rings. The number of urea groups is 1. The van der Waals surface area contributed by atoms with Gasteiger partial charge in [-0.3, -0.25) is 4.90 Å². The lowest BCUT2D eigenvalue weighted by molar-refractivity contribution is 0.143. The Hall–Kier alpha value is -2.05. The van der Waals surface area contributed by atoms with E-state index in [1.165, 1.54) is 0 Å². The second-order valence-corrected chi connectivity index (χ2v) is 5.18. The summed E-state index contributed by atoms with van der Waals surface area (Å²) in [6.45, 7) is 4.78. The van der Waals surface area contributed by atoms with E-state index >= 15 is 0 Å². The maximum absolute atomic E-state index is 12.1. The van der Waals surface area contributed by atoms with E-state index in [1.54, 1.807) is 13.3 Å². The lowest BCUT2D eigenvalue weighted by atomic mass is 10.2. The molecule has 1 aromatic rings. The smallest absolute Gasteiger partial charge is 0.321 e. The van der Waals surface area contributed by atoms with Crippen LogP contribution in [0, 0.1) is 0 Å². The van der Waals surface area contributed by atoms with Gasteiger partial charge in [0.2, 0.25) is 0 Å². The summed E-state index contributed by atoms with van der Waals surface area (Å²) in [5.41, 5.74) is 6.52. The van der Waals surface area contributed by atoms with Crippen LogP contribution in [0.25, 0.3) is 6.08 Å². The predicted octanol–water partition coefficient (Wildman–Crippen LogP) is 0.952. The number of methoxy groups -OCH3 is 1. The van der Waals surface area contributed by atoms with E-state index in [4.69, 9.17) is 10.5 Å². The summed E-state index contributed by atoms with van der Waals surface area (Å²) in [4.78, 5) is 16.2. The third-order valence-corrected chi connectivity index (χ3v) is 3.68. The first kappa shape index (κ1) is 16.3. The molecule has 0 spiro atoms. The van der Waals surface area contributed by atoms with Crippen molar-refractivity contribution >= 4 is 12.1 Å². The molecule has 0 aliphatic carbocycles. The SMILES string of the molecule is COc1cccc(/C=C/NC(=O)N2CCN(CCN)CC2)c1. The van der Waals surface area contributed by atoms with Gasteiger partial charge < -0.3 is 20.7 Å². The number of piperazine rings is 1. The first-order valence-corrected chi connectivity index (χ1v) is 7.51. The fourth-order valence-electron chi connectivity index (χ4n) is 2.40. The largest absolute Gasteiger partial charge is 0.497 e. The van der Waals surface area contributed by atoms with E-state index in [0.717, 1.165) is 44.0 Å². The molecule has 2 amide bonds. The van der Waals surface area contributed by atoms with Gasteiger partial charge in [0.1, 0.15) is 5.75 Å². The number of carbonyl (C=O) groups excluding carboxylic acids is 1. The molecule has 1 aliphatic rings. The molecular weight excluding hydrogens is 280 g/mol. The zero-order valence-electron chi connectivity index (χ0n) is 13.0. The van der Waals surface area contributed by atoms with Gasteiger partial charge in [-0.05, 0) is 23.8 Å². The Kier molecular flexibility index (Phi) is 6.24. The minimum Gasteiger partial charge on any atom is -0.497 e. The topological polar surface area (TPSA) is 70.8 Å². The van der Waals surface area contributed by atoms with Crippen LogP contribution in [-0.4, -0.2) is 62.2 Å². The summed E-state index contributed by atoms with van der Waals surface area (Å²) in [5, 5.41) is 2.81. The second-order valence-electron chi connectivity index (χ2n) is 5.18. The first-order valence-electron chi connectivity index (χ1n) is 7.51. The lowest BCUT2D eigenvalue weighted by Gasteiger charge is -2.34. The van der Waals surface area contributed by atoms with Crippen LogP contribution >= 0.6 is 0 Å². The molecule has 1 saturated heterocycles. The van der Waals surface area contributed by atoms with Gasteiger partial charge in [0.15, 0.2) is 0 Å². The average molecular weight is 304 g/mol. The van der Waals surface area contributed by atoms with Crippen molar-refractivity contribution in [3.05, 3.63) is 36.0 Å². The number of amides is 2. The summed E-state index contributed by atoms with van der Waals surface area (Å²) in [6.07, 6.45) is 3.52. The predicted molar refractivity (Wildman–Crippen MR) is 87.6 cm³/mol. The molecule has 6 heteroatoms. The number of rotatable bonds is 5. The standard InChI is InChI=1S/C16H24N4O2/c1-22-15-4-2-3-14(13-15)5-7-18-16(21)20-11-9-19(8-6-17)10-12-20/h2-5,7,13H,6,8-12,17H2,1H3,(H,18,21)/b7-5+. The third kappa shape index (κ3) is 4.75. The van der Waals surface area contributed by atoms with Crippen molar-refractivity contribution in [1.82, 2.24) is 15.1 Å². The molecule has 3 N–H and O–H groups in total. The molecule has 22 heavy (non-hydrogen) atoms. The maximum Gasteiger partial charge on any atom is 0.321 e. The van der Waals surface area contributed by atoms with Crippen LogP contribution in [0.3, 0.4) is 0 Å². The van der Waals surface area contributed by atoms with Gasteiger partial charge in [-0.15, -0.1) is 0 Å². The van der Waals surface area contributed by atoms with E-state index in [-0.39, 0.29) is 6.03 Å². The molecule has 120 valence electrons. The van der Waals surface area contributed by atoms with Crippen LogP contribution in [0.2, 0.25) is 0 Å². The van der Waals surface area contributed by atoms with Crippen LogP contribution < -0.4 is 15.8 Å². The summed E-state index contributed by atoms with van der Waals surface area (Å²) in [5.74, 6) is 0.796. The van der Waals surface area contributed by atoms with Crippen LogP contribution in [0.15, 0.2) is 30.5 Å². The Balaban J connectivity index is 1.79. The molecule has 0 radical (unpaired) electrons. The summed E-state index contributed by atoms with van der Waals surface area (Å²) < 4.78 is 5.16. The van der Waals surface area contributed by atoms with E-state index in [1.807, 2.05) is 35.2 Å². The minimum absolute atomic E-state index is 0.0634. The monoisotopic (exact) mass is 304 g/mol. The van der Waals surface area contributed by atoms with Crippen molar-refractivity contribution in [2.75, 3.05) is 46.4 Å². The van der Waals surface area contributed by atoms with Crippen LogP contribution in [-0.2, 0) is 0 Å². The fourth-order valence-corrected chi connectivity index (χ4v) is 2.40. The van der Waals surface area contributed by atoms with Crippen LogP contribution in [0.5, 0.6) is 5.75 Å². The van der Waals surface area contributed by atoms with Crippen LogP contribution in [0.4, 0.5) is 4.79 Å². The Labute approximate surface area is 131 Å². The van der Waals surface area contributed by atoms with Gasteiger partial charge >= 0.3 is 6.03 Å². The highest BCUT2D eigenvalue weighted by Crippen LogP contribution is 2.13. The number of carbonyl (C=O) groups is 1. The summed E-state index contributed by atoms with van der Waals surface area (Å²) in [7, 11) is 1.63. The van der Waals surface area contributed by atoms with Gasteiger partial charge in [0.25, 0.3) is 0 Å². The first-order chi connectivity index (χ1) is 10.7. The summed E-state index contributed by atoms with van der Waals surface area (Å²) >= 11 is 0. The molecule has 0 aromatic heterocycles. The van der Waals surface area contributed by atoms with Gasteiger partial charge in [-0.1, -0.05) is 12.1 Å². The number of ether oxygens (including phenoxy) is 1. The molecular formula is C16H24N4O2. The Morgan fingerprint density at radius 2 is 2.14 bits per heavy atom. The quantitative estimate of drug-likeness (QED) is 0.850. The number of benzene rings is 1. The molecule has 0 atom stereocenters. The van der Waals surface area contributed by atoms with Crippen LogP contribution in [0.1, 0.15) is 5.56 Å². The number of hydrogen-bond donors (Lipinski definition) is 2. The number of nitrogens with one attached hydrogen (secondary N) is 1. The van der Waals surface area contributed by atoms with Crippen molar-refractivity contribution in [2.45, 2.75) is 0 Å². The Bertz CT molecular complexity index is 511. The van der Waals surface area contributed by atoms with E-state index in [0.29, 0.717) is 6.54 Å². The van der Waals surface area contributed by atoms with Crippen molar-refractivity contribution in [2.24, 2.45) is 5.73 Å². The zero-order valence-corrected chi connectivity index (χ0v) is 13.0. The molecule has 1 heterocycles. The number of nitrogens with zero attached hydrogens (tertiary/aromatic N) is 2. The van der Waals surface area contributed by atoms with Gasteiger partial charge in [-0.25, -0.2) is 4.79 Å². The molecule has 0 unspecified atom stereocenters. The Morgan fingerprint density at radius 3 is 2.82 bits per heavy atom. The molecule has 2 rings (SSSR count). The highest BCUT2D eigenvalue weighted by molar-refractivity contribution is 5.76. The maximum atomic E-state index is 12.1. The molecule has 1 aromatic carbocycles. The van der Waals surface area contributed by atoms with Crippen molar-refractivity contribution in [1.29, 1.82) is 0 Å². The van der Waals surface area contributed by atoms with E-state index < -0.39 is 0 Å². The molecule has 0 bridgehead atoms. The minimum atomic E-state index is -0.0634. The highest BCUT2D eigenvalue weighted by Gasteiger charge is 2.19. The average Bonchev–Trinajstić information content (AvgIpc) is 2.56. The Morgan fingerprint density at radius 1 is 1.36 bits per heavy atom. The number of nitrogens with two attached hydrogens (primary N) is 1. The van der Waals surface area contributed by atoms with E-state index in [2.05, 4.69) is 10.2 Å². The summed E-state index contributed by atoms with van der Waals surface area (Å²) in [6, 6.07) is 7.60. The normalized spacial score (nSPS) is 16.0. The molecule has 0 saturated carbocycles. The van der Waals surface area contributed by atoms with E-state index in [9.17, 15) is 4.79 Å². The zero-order chi connectivity index (χ0) is 15.8. The molecule has 6 nitrogen and oxygen atoms in total. The highest BCUT2D eigenvalue weighted by atomic mass is 16.5. The fraction of sp³-hybridized carbons (Fsp3) is 0.438. The van der Waals surface area contributed by atoms with Crippen molar-refractivity contribution < 1.29 is 9.53 Å². The van der Waals surface area contributed by atoms with Crippen molar-refractivity contribution in [3.8, 4) is 5.75 Å².